The topological polar surface area (TPSA) is 95.4 Å². The molecule has 0 aliphatic carbocycles. The van der Waals surface area contributed by atoms with E-state index in [2.05, 4.69) is 4.74 Å². The van der Waals surface area contributed by atoms with Gasteiger partial charge in [-0.1, -0.05) is 12.1 Å². The maximum atomic E-state index is 11.1. The number of carbonyl (C=O) groups excluding carboxylic acids is 2. The lowest BCUT2D eigenvalue weighted by molar-refractivity contribution is -0.119. The number of hydrogen-bond acceptors (Lipinski definition) is 4. The average molecular weight is 208 g/mol. The van der Waals surface area contributed by atoms with Crippen LogP contribution in [0.25, 0.3) is 0 Å². The standard InChI is InChI=1S/C10H12N2O3/c1-15-10(14)7-4-2-6(3-5-7)8(11)9(12)13/h2-5,8H,11H2,1H3,(H2,12,13). The number of nitrogens with two attached hydrogens (primary N) is 2. The Hall–Kier alpha value is -1.88. The highest BCUT2D eigenvalue weighted by atomic mass is 16.5. The quantitative estimate of drug-likeness (QED) is 0.681. The molecule has 1 unspecified atom stereocenters. The SMILES string of the molecule is COC(=O)c1ccc(C(N)C(N)=O)cc1. The molecular formula is C10H12N2O3. The number of benzene rings is 1. The number of primary amides is 1. The first-order chi connectivity index (χ1) is 7.06. The van der Waals surface area contributed by atoms with Gasteiger partial charge < -0.3 is 16.2 Å². The fourth-order valence-electron chi connectivity index (χ4n) is 1.11. The van der Waals surface area contributed by atoms with E-state index in [0.717, 1.165) is 0 Å². The molecule has 0 heterocycles. The second-order valence-electron chi connectivity index (χ2n) is 2.99. The molecule has 0 aliphatic rings. The van der Waals surface area contributed by atoms with Crippen LogP contribution in [-0.4, -0.2) is 19.0 Å². The molecular weight excluding hydrogens is 196 g/mol. The average Bonchev–Trinajstić information content (AvgIpc) is 2.27. The Labute approximate surface area is 87.0 Å². The molecule has 1 rings (SSSR count). The van der Waals surface area contributed by atoms with E-state index in [-0.39, 0.29) is 0 Å². The summed E-state index contributed by atoms with van der Waals surface area (Å²) in [6, 6.07) is 5.36. The van der Waals surface area contributed by atoms with Gasteiger partial charge in [0.05, 0.1) is 12.7 Å². The van der Waals surface area contributed by atoms with Crippen LogP contribution in [0.3, 0.4) is 0 Å². The van der Waals surface area contributed by atoms with Crippen LogP contribution in [0.15, 0.2) is 24.3 Å². The second-order valence-corrected chi connectivity index (χ2v) is 2.99. The van der Waals surface area contributed by atoms with Crippen LogP contribution in [0.4, 0.5) is 0 Å². The van der Waals surface area contributed by atoms with Crippen molar-refractivity contribution in [2.45, 2.75) is 6.04 Å². The largest absolute Gasteiger partial charge is 0.465 e. The number of methoxy groups -OCH3 is 1. The van der Waals surface area contributed by atoms with E-state index < -0.39 is 17.9 Å². The van der Waals surface area contributed by atoms with Crippen LogP contribution < -0.4 is 11.5 Å². The van der Waals surface area contributed by atoms with Crippen LogP contribution in [0.2, 0.25) is 0 Å². The van der Waals surface area contributed by atoms with E-state index in [1.807, 2.05) is 0 Å². The zero-order valence-corrected chi connectivity index (χ0v) is 8.27. The highest BCUT2D eigenvalue weighted by Crippen LogP contribution is 2.11. The van der Waals surface area contributed by atoms with Crippen LogP contribution in [0.1, 0.15) is 22.0 Å². The predicted molar refractivity (Wildman–Crippen MR) is 53.9 cm³/mol. The summed E-state index contributed by atoms with van der Waals surface area (Å²) < 4.78 is 4.52. The minimum Gasteiger partial charge on any atom is -0.465 e. The van der Waals surface area contributed by atoms with E-state index in [1.54, 1.807) is 12.1 Å². The number of hydrogen-bond donors (Lipinski definition) is 2. The van der Waals surface area contributed by atoms with Gasteiger partial charge in [0.1, 0.15) is 6.04 Å². The predicted octanol–water partition coefficient (Wildman–Crippen LogP) is -0.0417. The van der Waals surface area contributed by atoms with E-state index in [1.165, 1.54) is 19.2 Å². The van der Waals surface area contributed by atoms with Gasteiger partial charge in [0.15, 0.2) is 0 Å². The molecule has 0 fully saturated rings. The maximum Gasteiger partial charge on any atom is 0.337 e. The van der Waals surface area contributed by atoms with Crippen molar-refractivity contribution in [3.8, 4) is 0 Å². The lowest BCUT2D eigenvalue weighted by Gasteiger charge is -2.07. The van der Waals surface area contributed by atoms with Gasteiger partial charge >= 0.3 is 5.97 Å². The van der Waals surface area contributed by atoms with Crippen LogP contribution in [0, 0.1) is 0 Å². The first-order valence-corrected chi connectivity index (χ1v) is 4.29. The summed E-state index contributed by atoms with van der Waals surface area (Å²) in [5, 5.41) is 0. The second kappa shape index (κ2) is 4.56. The summed E-state index contributed by atoms with van der Waals surface area (Å²) in [5.74, 6) is -1.05. The molecule has 15 heavy (non-hydrogen) atoms. The van der Waals surface area contributed by atoms with E-state index in [9.17, 15) is 9.59 Å². The van der Waals surface area contributed by atoms with Crippen molar-refractivity contribution >= 4 is 11.9 Å². The third-order valence-corrected chi connectivity index (χ3v) is 2.00. The van der Waals surface area contributed by atoms with Gasteiger partial charge in [-0.25, -0.2) is 4.79 Å². The van der Waals surface area contributed by atoms with Gasteiger partial charge in [0.2, 0.25) is 5.91 Å². The van der Waals surface area contributed by atoms with Crippen molar-refractivity contribution in [2.75, 3.05) is 7.11 Å². The first-order valence-electron chi connectivity index (χ1n) is 4.29. The summed E-state index contributed by atoms with van der Waals surface area (Å²) in [7, 11) is 1.30. The third-order valence-electron chi connectivity index (χ3n) is 2.00. The van der Waals surface area contributed by atoms with Crippen molar-refractivity contribution in [2.24, 2.45) is 11.5 Å². The van der Waals surface area contributed by atoms with Crippen molar-refractivity contribution in [1.29, 1.82) is 0 Å². The monoisotopic (exact) mass is 208 g/mol. The number of rotatable bonds is 3. The molecule has 0 spiro atoms. The Morgan fingerprint density at radius 3 is 2.20 bits per heavy atom. The summed E-state index contributed by atoms with van der Waals surface area (Å²) in [5.41, 5.74) is 11.5. The molecule has 4 N–H and O–H groups in total. The molecule has 0 radical (unpaired) electrons. The molecule has 0 saturated carbocycles. The minimum absolute atomic E-state index is 0.401. The molecule has 0 bridgehead atoms. The van der Waals surface area contributed by atoms with Gasteiger partial charge in [-0.05, 0) is 17.7 Å². The summed E-state index contributed by atoms with van der Waals surface area (Å²) in [6.45, 7) is 0. The Morgan fingerprint density at radius 1 is 1.27 bits per heavy atom. The zero-order valence-electron chi connectivity index (χ0n) is 8.27. The normalized spacial score (nSPS) is 11.9. The van der Waals surface area contributed by atoms with Gasteiger partial charge in [-0.15, -0.1) is 0 Å². The molecule has 1 atom stereocenters. The van der Waals surface area contributed by atoms with Gasteiger partial charge in [0, 0.05) is 0 Å². The molecule has 1 amide bonds. The van der Waals surface area contributed by atoms with E-state index in [4.69, 9.17) is 11.5 Å². The Balaban J connectivity index is 2.90. The van der Waals surface area contributed by atoms with E-state index >= 15 is 0 Å². The molecule has 0 saturated heterocycles. The summed E-state index contributed by atoms with van der Waals surface area (Å²) in [4.78, 5) is 21.9. The lowest BCUT2D eigenvalue weighted by atomic mass is 10.1. The van der Waals surface area contributed by atoms with Crippen molar-refractivity contribution in [1.82, 2.24) is 0 Å². The van der Waals surface area contributed by atoms with Crippen molar-refractivity contribution < 1.29 is 14.3 Å². The Morgan fingerprint density at radius 2 is 1.80 bits per heavy atom. The molecule has 80 valence electrons. The molecule has 5 nitrogen and oxygen atoms in total. The number of ether oxygens (including phenoxy) is 1. The fraction of sp³-hybridized carbons (Fsp3) is 0.200. The highest BCUT2D eigenvalue weighted by molar-refractivity contribution is 5.89. The minimum atomic E-state index is -0.850. The van der Waals surface area contributed by atoms with Crippen LogP contribution >= 0.6 is 0 Å². The summed E-state index contributed by atoms with van der Waals surface area (Å²) >= 11 is 0. The number of esters is 1. The van der Waals surface area contributed by atoms with Crippen LogP contribution in [-0.2, 0) is 9.53 Å². The fourth-order valence-corrected chi connectivity index (χ4v) is 1.11. The summed E-state index contributed by atoms with van der Waals surface area (Å²) in [6.07, 6.45) is 0. The van der Waals surface area contributed by atoms with Gasteiger partial charge in [0.25, 0.3) is 0 Å². The number of amides is 1. The van der Waals surface area contributed by atoms with Gasteiger partial charge in [-0.2, -0.15) is 0 Å². The zero-order chi connectivity index (χ0) is 11.4. The smallest absolute Gasteiger partial charge is 0.337 e. The maximum absolute atomic E-state index is 11.1. The van der Waals surface area contributed by atoms with Gasteiger partial charge in [-0.3, -0.25) is 4.79 Å². The molecule has 5 heteroatoms. The van der Waals surface area contributed by atoms with Crippen molar-refractivity contribution in [3.63, 3.8) is 0 Å². The third kappa shape index (κ3) is 2.54. The van der Waals surface area contributed by atoms with Crippen LogP contribution in [0.5, 0.6) is 0 Å². The Kier molecular flexibility index (Phi) is 3.41. The molecule has 1 aromatic carbocycles. The number of carbonyl (C=O) groups is 2. The molecule has 1 aromatic rings. The lowest BCUT2D eigenvalue weighted by Crippen LogP contribution is -2.28. The first kappa shape index (κ1) is 11.2. The van der Waals surface area contributed by atoms with E-state index in [0.29, 0.717) is 11.1 Å². The highest BCUT2D eigenvalue weighted by Gasteiger charge is 2.12. The molecule has 0 aromatic heterocycles. The van der Waals surface area contributed by atoms with Crippen molar-refractivity contribution in [3.05, 3.63) is 35.4 Å². The Bertz CT molecular complexity index is 373. The molecule has 0 aliphatic heterocycles.